The number of rotatable bonds is 2. The van der Waals surface area contributed by atoms with E-state index in [1.165, 1.54) is 6.20 Å². The molecule has 0 atom stereocenters. The summed E-state index contributed by atoms with van der Waals surface area (Å²) in [5.41, 5.74) is 6.13. The molecule has 0 unspecified atom stereocenters. The van der Waals surface area contributed by atoms with Gasteiger partial charge in [0, 0.05) is 0 Å². The molecule has 0 aliphatic carbocycles. The van der Waals surface area contributed by atoms with Crippen molar-refractivity contribution in [2.75, 3.05) is 19.8 Å². The predicted octanol–water partition coefficient (Wildman–Crippen LogP) is 0.318. The fourth-order valence-electron chi connectivity index (χ4n) is 0.679. The van der Waals surface area contributed by atoms with Gasteiger partial charge in [0.25, 0.3) is 0 Å². The van der Waals surface area contributed by atoms with Gasteiger partial charge in [0.15, 0.2) is 5.76 Å². The molecule has 0 aliphatic rings. The van der Waals surface area contributed by atoms with Crippen molar-refractivity contribution in [3.8, 4) is 0 Å². The molecule has 0 bridgehead atoms. The van der Waals surface area contributed by atoms with Crippen LogP contribution in [0.25, 0.3) is 0 Å². The lowest BCUT2D eigenvalue weighted by molar-refractivity contribution is 0.311. The largest absolute Gasteiger partial charge is 0.395 e. The lowest BCUT2D eigenvalue weighted by Crippen LogP contribution is -2.10. The third-order valence-corrected chi connectivity index (χ3v) is 1.14. The molecule has 0 saturated carbocycles. The van der Waals surface area contributed by atoms with Crippen LogP contribution in [-0.2, 0) is 6.54 Å². The van der Waals surface area contributed by atoms with Crippen molar-refractivity contribution in [2.24, 2.45) is 0 Å². The monoisotopic (exact) mass is 141 g/mol. The highest BCUT2D eigenvalue weighted by Crippen LogP contribution is 2.10. The molecule has 10 heavy (non-hydrogen) atoms. The summed E-state index contributed by atoms with van der Waals surface area (Å²) >= 11 is 0. The van der Waals surface area contributed by atoms with Crippen molar-refractivity contribution in [1.82, 2.24) is 10.1 Å². The highest BCUT2D eigenvalue weighted by Gasteiger charge is 2.03. The number of nitrogen functional groups attached to an aromatic ring is 1. The zero-order chi connectivity index (χ0) is 7.56. The van der Waals surface area contributed by atoms with E-state index in [0.717, 1.165) is 5.76 Å². The molecule has 4 heteroatoms. The van der Waals surface area contributed by atoms with Gasteiger partial charge in [-0.3, -0.25) is 0 Å². The Morgan fingerprint density at radius 3 is 2.80 bits per heavy atom. The summed E-state index contributed by atoms with van der Waals surface area (Å²) in [5.74, 6) is 0.727. The van der Waals surface area contributed by atoms with Crippen LogP contribution in [0.3, 0.4) is 0 Å². The van der Waals surface area contributed by atoms with E-state index in [9.17, 15) is 0 Å². The summed E-state index contributed by atoms with van der Waals surface area (Å²) in [5, 5.41) is 3.55. The van der Waals surface area contributed by atoms with E-state index in [1.807, 2.05) is 19.0 Å². The van der Waals surface area contributed by atoms with Crippen LogP contribution >= 0.6 is 0 Å². The van der Waals surface area contributed by atoms with Crippen LogP contribution in [0.2, 0.25) is 0 Å². The molecule has 1 rings (SSSR count). The average molecular weight is 141 g/mol. The number of nitrogens with two attached hydrogens (primary N) is 1. The minimum atomic E-state index is 0.619. The number of nitrogens with zero attached hydrogens (tertiary/aromatic N) is 2. The Morgan fingerprint density at radius 1 is 1.70 bits per heavy atom. The third kappa shape index (κ3) is 1.48. The first-order chi connectivity index (χ1) is 4.70. The van der Waals surface area contributed by atoms with Gasteiger partial charge in [-0.25, -0.2) is 0 Å². The molecular weight excluding hydrogens is 130 g/mol. The maximum atomic E-state index is 5.51. The molecule has 1 aromatic rings. The second-order valence-electron chi connectivity index (χ2n) is 2.44. The second kappa shape index (κ2) is 2.70. The first-order valence-corrected chi connectivity index (χ1v) is 3.04. The van der Waals surface area contributed by atoms with E-state index in [1.54, 1.807) is 0 Å². The molecule has 0 amide bonds. The molecule has 0 aliphatic heterocycles. The molecule has 1 aromatic heterocycles. The van der Waals surface area contributed by atoms with E-state index < -0.39 is 0 Å². The standard InChI is InChI=1S/C6H11N3O/c1-9(2)4-6-5(7)3-8-10-6/h3H,4,7H2,1-2H3. The predicted molar refractivity (Wildman–Crippen MR) is 38.3 cm³/mol. The van der Waals surface area contributed by atoms with Crippen LogP contribution in [0.1, 0.15) is 5.76 Å². The van der Waals surface area contributed by atoms with Crippen molar-refractivity contribution in [3.05, 3.63) is 12.0 Å². The van der Waals surface area contributed by atoms with Crippen LogP contribution in [0, 0.1) is 0 Å². The topological polar surface area (TPSA) is 55.3 Å². The summed E-state index contributed by atoms with van der Waals surface area (Å²) in [6, 6.07) is 0. The Labute approximate surface area is 59.6 Å². The molecule has 0 fully saturated rings. The Balaban J connectivity index is 2.65. The first-order valence-electron chi connectivity index (χ1n) is 3.04. The second-order valence-corrected chi connectivity index (χ2v) is 2.44. The zero-order valence-electron chi connectivity index (χ0n) is 6.16. The average Bonchev–Trinajstić information content (AvgIpc) is 2.15. The highest BCUT2D eigenvalue weighted by molar-refractivity contribution is 5.37. The van der Waals surface area contributed by atoms with E-state index >= 15 is 0 Å². The lowest BCUT2D eigenvalue weighted by atomic mass is 10.4. The van der Waals surface area contributed by atoms with Crippen LogP contribution in [-0.4, -0.2) is 24.2 Å². The van der Waals surface area contributed by atoms with Crippen LogP contribution in [0.4, 0.5) is 5.69 Å². The Morgan fingerprint density at radius 2 is 2.40 bits per heavy atom. The van der Waals surface area contributed by atoms with E-state index in [2.05, 4.69) is 5.16 Å². The van der Waals surface area contributed by atoms with Gasteiger partial charge in [0.2, 0.25) is 0 Å². The van der Waals surface area contributed by atoms with Crippen molar-refractivity contribution in [2.45, 2.75) is 6.54 Å². The Kier molecular flexibility index (Phi) is 1.91. The van der Waals surface area contributed by atoms with E-state index in [0.29, 0.717) is 12.2 Å². The van der Waals surface area contributed by atoms with Gasteiger partial charge in [-0.1, -0.05) is 5.16 Å². The lowest BCUT2D eigenvalue weighted by Gasteiger charge is -2.05. The first kappa shape index (κ1) is 7.08. The van der Waals surface area contributed by atoms with Crippen LogP contribution < -0.4 is 5.73 Å². The number of hydrogen-bond acceptors (Lipinski definition) is 4. The smallest absolute Gasteiger partial charge is 0.173 e. The Bertz CT molecular complexity index is 207. The summed E-state index contributed by atoms with van der Waals surface area (Å²) in [6.45, 7) is 0.700. The van der Waals surface area contributed by atoms with E-state index in [-0.39, 0.29) is 0 Å². The molecule has 1 heterocycles. The zero-order valence-corrected chi connectivity index (χ0v) is 6.16. The van der Waals surface area contributed by atoms with Gasteiger partial charge >= 0.3 is 0 Å². The molecule has 2 N–H and O–H groups in total. The van der Waals surface area contributed by atoms with Crippen molar-refractivity contribution in [3.63, 3.8) is 0 Å². The van der Waals surface area contributed by atoms with Crippen LogP contribution in [0.5, 0.6) is 0 Å². The number of hydrogen-bond donors (Lipinski definition) is 1. The molecule has 0 aromatic carbocycles. The molecule has 4 nitrogen and oxygen atoms in total. The van der Waals surface area contributed by atoms with Crippen LogP contribution in [0.15, 0.2) is 10.7 Å². The minimum Gasteiger partial charge on any atom is -0.395 e. The summed E-state index contributed by atoms with van der Waals surface area (Å²) in [4.78, 5) is 1.97. The molecule has 56 valence electrons. The molecule has 0 radical (unpaired) electrons. The number of aromatic nitrogens is 1. The van der Waals surface area contributed by atoms with Crippen molar-refractivity contribution >= 4 is 5.69 Å². The fraction of sp³-hybridized carbons (Fsp3) is 0.500. The number of anilines is 1. The summed E-state index contributed by atoms with van der Waals surface area (Å²) in [6.07, 6.45) is 1.51. The van der Waals surface area contributed by atoms with Gasteiger partial charge in [-0.05, 0) is 14.1 Å². The molecule has 0 spiro atoms. The normalized spacial score (nSPS) is 10.7. The maximum Gasteiger partial charge on any atom is 0.173 e. The fourth-order valence-corrected chi connectivity index (χ4v) is 0.679. The van der Waals surface area contributed by atoms with Gasteiger partial charge in [0.05, 0.1) is 18.4 Å². The van der Waals surface area contributed by atoms with Crippen molar-refractivity contribution < 1.29 is 4.52 Å². The Hall–Kier alpha value is -1.03. The van der Waals surface area contributed by atoms with Gasteiger partial charge in [0.1, 0.15) is 0 Å². The van der Waals surface area contributed by atoms with Gasteiger partial charge < -0.3 is 15.2 Å². The van der Waals surface area contributed by atoms with Crippen molar-refractivity contribution in [1.29, 1.82) is 0 Å². The molecule has 0 saturated heterocycles. The molecular formula is C6H11N3O. The quantitative estimate of drug-likeness (QED) is 0.644. The highest BCUT2D eigenvalue weighted by atomic mass is 16.5. The maximum absolute atomic E-state index is 5.51. The SMILES string of the molecule is CN(C)Cc1oncc1N. The van der Waals surface area contributed by atoms with Gasteiger partial charge in [-0.2, -0.15) is 0 Å². The third-order valence-electron chi connectivity index (χ3n) is 1.14. The van der Waals surface area contributed by atoms with Gasteiger partial charge in [-0.15, -0.1) is 0 Å². The minimum absolute atomic E-state index is 0.619. The summed E-state index contributed by atoms with van der Waals surface area (Å²) < 4.78 is 4.86. The summed E-state index contributed by atoms with van der Waals surface area (Å²) in [7, 11) is 3.89. The van der Waals surface area contributed by atoms with E-state index in [4.69, 9.17) is 10.3 Å².